The molecule has 0 bridgehead atoms. The third kappa shape index (κ3) is 4.16. The smallest absolute Gasteiger partial charge is 0.265 e. The minimum atomic E-state index is -1.03. The number of anilines is 1. The number of hydrogen-bond donors (Lipinski definition) is 1. The first kappa shape index (κ1) is 15.3. The van der Waals surface area contributed by atoms with Crippen LogP contribution in [0.2, 0.25) is 5.02 Å². The van der Waals surface area contributed by atoms with Crippen LogP contribution in [0, 0.1) is 11.6 Å². The lowest BCUT2D eigenvalue weighted by Gasteiger charge is -2.15. The number of benzene rings is 2. The normalized spacial score (nSPS) is 11.8. The maximum atomic E-state index is 13.0. The topological polar surface area (TPSA) is 38.3 Å². The van der Waals surface area contributed by atoms with Crippen LogP contribution in [0.5, 0.6) is 5.75 Å². The van der Waals surface area contributed by atoms with E-state index >= 15 is 0 Å². The fourth-order valence-electron chi connectivity index (χ4n) is 1.58. The van der Waals surface area contributed by atoms with Gasteiger partial charge < -0.3 is 10.1 Å². The van der Waals surface area contributed by atoms with Gasteiger partial charge in [0.2, 0.25) is 0 Å². The molecule has 2 rings (SSSR count). The second-order valence-corrected chi connectivity index (χ2v) is 4.77. The maximum absolute atomic E-state index is 13.0. The number of amides is 1. The highest BCUT2D eigenvalue weighted by Crippen LogP contribution is 2.18. The summed E-state index contributed by atoms with van der Waals surface area (Å²) < 4.78 is 31.1. The third-order valence-electron chi connectivity index (χ3n) is 2.68. The van der Waals surface area contributed by atoms with Gasteiger partial charge in [0, 0.05) is 16.8 Å². The molecule has 0 aliphatic heterocycles. The molecule has 0 heterocycles. The first-order valence-corrected chi connectivity index (χ1v) is 6.51. The van der Waals surface area contributed by atoms with Gasteiger partial charge in [0.25, 0.3) is 5.91 Å². The Hall–Kier alpha value is -2.14. The lowest BCUT2D eigenvalue weighted by atomic mass is 10.3. The number of ether oxygens (including phenoxy) is 1. The molecule has 0 spiro atoms. The van der Waals surface area contributed by atoms with Gasteiger partial charge in [-0.3, -0.25) is 4.79 Å². The molecule has 1 unspecified atom stereocenters. The van der Waals surface area contributed by atoms with Gasteiger partial charge in [0.15, 0.2) is 17.7 Å². The fourth-order valence-corrected chi connectivity index (χ4v) is 1.71. The largest absolute Gasteiger partial charge is 0.481 e. The standard InChI is InChI=1S/C15H12ClF2NO2/c1-9(21-12-6-7-13(17)14(18)8-12)15(20)19-11-4-2-10(16)3-5-11/h2-9H,1H3,(H,19,20). The van der Waals surface area contributed by atoms with Crippen LogP contribution >= 0.6 is 11.6 Å². The molecule has 2 aromatic rings. The molecule has 2 aromatic carbocycles. The average molecular weight is 312 g/mol. The zero-order valence-corrected chi connectivity index (χ0v) is 11.8. The first-order chi connectivity index (χ1) is 9.95. The Bertz CT molecular complexity index is 647. The highest BCUT2D eigenvalue weighted by Gasteiger charge is 2.15. The van der Waals surface area contributed by atoms with E-state index in [2.05, 4.69) is 5.32 Å². The molecule has 1 amide bonds. The van der Waals surface area contributed by atoms with Crippen molar-refractivity contribution in [2.45, 2.75) is 13.0 Å². The predicted octanol–water partition coefficient (Wildman–Crippen LogP) is 4.02. The molecule has 1 atom stereocenters. The number of nitrogens with one attached hydrogen (secondary N) is 1. The quantitative estimate of drug-likeness (QED) is 0.926. The Morgan fingerprint density at radius 3 is 2.43 bits per heavy atom. The lowest BCUT2D eigenvalue weighted by molar-refractivity contribution is -0.122. The van der Waals surface area contributed by atoms with Crippen molar-refractivity contribution in [3.63, 3.8) is 0 Å². The van der Waals surface area contributed by atoms with Crippen molar-refractivity contribution in [3.05, 3.63) is 59.1 Å². The van der Waals surface area contributed by atoms with E-state index in [0.717, 1.165) is 12.1 Å². The van der Waals surface area contributed by atoms with Gasteiger partial charge in [-0.25, -0.2) is 8.78 Å². The Balaban J connectivity index is 1.98. The maximum Gasteiger partial charge on any atom is 0.265 e. The van der Waals surface area contributed by atoms with Crippen LogP contribution < -0.4 is 10.1 Å². The summed E-state index contributed by atoms with van der Waals surface area (Å²) in [4.78, 5) is 11.9. The predicted molar refractivity (Wildman–Crippen MR) is 76.5 cm³/mol. The second-order valence-electron chi connectivity index (χ2n) is 4.33. The van der Waals surface area contributed by atoms with Crippen LogP contribution in [0.25, 0.3) is 0 Å². The highest BCUT2D eigenvalue weighted by atomic mass is 35.5. The summed E-state index contributed by atoms with van der Waals surface area (Å²) in [6.07, 6.45) is -0.870. The summed E-state index contributed by atoms with van der Waals surface area (Å²) in [6.45, 7) is 1.51. The summed E-state index contributed by atoms with van der Waals surface area (Å²) >= 11 is 5.74. The molecular formula is C15H12ClF2NO2. The van der Waals surface area contributed by atoms with Gasteiger partial charge in [-0.15, -0.1) is 0 Å². The van der Waals surface area contributed by atoms with Gasteiger partial charge in [-0.2, -0.15) is 0 Å². The van der Waals surface area contributed by atoms with Crippen molar-refractivity contribution in [2.24, 2.45) is 0 Å². The van der Waals surface area contributed by atoms with Gasteiger partial charge in [0.05, 0.1) is 0 Å². The molecule has 0 aliphatic carbocycles. The number of carbonyl (C=O) groups excluding carboxylic acids is 1. The molecule has 21 heavy (non-hydrogen) atoms. The first-order valence-electron chi connectivity index (χ1n) is 6.14. The monoisotopic (exact) mass is 311 g/mol. The second kappa shape index (κ2) is 6.54. The van der Waals surface area contributed by atoms with Crippen LogP contribution in [-0.4, -0.2) is 12.0 Å². The average Bonchev–Trinajstić information content (AvgIpc) is 2.45. The van der Waals surface area contributed by atoms with Crippen LogP contribution in [-0.2, 0) is 4.79 Å². The van der Waals surface area contributed by atoms with E-state index < -0.39 is 23.6 Å². The molecule has 6 heteroatoms. The van der Waals surface area contributed by atoms with Crippen molar-refractivity contribution in [2.75, 3.05) is 5.32 Å². The van der Waals surface area contributed by atoms with Crippen molar-refractivity contribution in [3.8, 4) is 5.75 Å². The number of halogens is 3. The van der Waals surface area contributed by atoms with Crippen molar-refractivity contribution >= 4 is 23.2 Å². The zero-order chi connectivity index (χ0) is 15.4. The van der Waals surface area contributed by atoms with E-state index in [1.54, 1.807) is 24.3 Å². The summed E-state index contributed by atoms with van der Waals surface area (Å²) in [7, 11) is 0. The molecule has 110 valence electrons. The van der Waals surface area contributed by atoms with E-state index in [1.807, 2.05) is 0 Å². The highest BCUT2D eigenvalue weighted by molar-refractivity contribution is 6.30. The molecule has 1 N–H and O–H groups in total. The summed E-state index contributed by atoms with van der Waals surface area (Å²) in [5.74, 6) is -2.34. The summed E-state index contributed by atoms with van der Waals surface area (Å²) in [5, 5.41) is 3.18. The van der Waals surface area contributed by atoms with E-state index in [9.17, 15) is 13.6 Å². The van der Waals surface area contributed by atoms with E-state index in [-0.39, 0.29) is 5.75 Å². The van der Waals surface area contributed by atoms with Gasteiger partial charge in [0.1, 0.15) is 5.75 Å². The molecule has 0 fully saturated rings. The Morgan fingerprint density at radius 1 is 1.14 bits per heavy atom. The Kier molecular flexibility index (Phi) is 4.75. The minimum Gasteiger partial charge on any atom is -0.481 e. The van der Waals surface area contributed by atoms with Crippen LogP contribution in [0.15, 0.2) is 42.5 Å². The van der Waals surface area contributed by atoms with Gasteiger partial charge >= 0.3 is 0 Å². The minimum absolute atomic E-state index is 0.0765. The molecule has 0 saturated heterocycles. The number of hydrogen-bond acceptors (Lipinski definition) is 2. The Morgan fingerprint density at radius 2 is 1.81 bits per heavy atom. The van der Waals surface area contributed by atoms with Gasteiger partial charge in [-0.05, 0) is 43.3 Å². The fraction of sp³-hybridized carbons (Fsp3) is 0.133. The van der Waals surface area contributed by atoms with Crippen molar-refractivity contribution < 1.29 is 18.3 Å². The van der Waals surface area contributed by atoms with Crippen LogP contribution in [0.3, 0.4) is 0 Å². The molecule has 0 radical (unpaired) electrons. The van der Waals surface area contributed by atoms with E-state index in [0.29, 0.717) is 10.7 Å². The van der Waals surface area contributed by atoms with Crippen molar-refractivity contribution in [1.82, 2.24) is 0 Å². The molecular weight excluding hydrogens is 300 g/mol. The Labute approximate surface area is 125 Å². The SMILES string of the molecule is CC(Oc1ccc(F)c(F)c1)C(=O)Nc1ccc(Cl)cc1. The third-order valence-corrected chi connectivity index (χ3v) is 2.94. The molecule has 3 nitrogen and oxygen atoms in total. The molecule has 0 aliphatic rings. The van der Waals surface area contributed by atoms with Gasteiger partial charge in [-0.1, -0.05) is 11.6 Å². The molecule has 0 aromatic heterocycles. The molecule has 0 saturated carbocycles. The lowest BCUT2D eigenvalue weighted by Crippen LogP contribution is -2.30. The van der Waals surface area contributed by atoms with Crippen molar-refractivity contribution in [1.29, 1.82) is 0 Å². The van der Waals surface area contributed by atoms with E-state index in [1.165, 1.54) is 13.0 Å². The zero-order valence-electron chi connectivity index (χ0n) is 11.1. The number of carbonyl (C=O) groups is 1. The van der Waals surface area contributed by atoms with Crippen LogP contribution in [0.4, 0.5) is 14.5 Å². The number of rotatable bonds is 4. The van der Waals surface area contributed by atoms with Crippen LogP contribution in [0.1, 0.15) is 6.92 Å². The summed E-state index contributed by atoms with van der Waals surface area (Å²) in [6, 6.07) is 9.64. The summed E-state index contributed by atoms with van der Waals surface area (Å²) in [5.41, 5.74) is 0.560. The van der Waals surface area contributed by atoms with E-state index in [4.69, 9.17) is 16.3 Å².